The summed E-state index contributed by atoms with van der Waals surface area (Å²) in [5, 5.41) is 4.38. The number of piperidine rings is 1. The molecular formula is C19H26ClFN4O. The molecule has 1 atom stereocenters. The van der Waals surface area contributed by atoms with Crippen LogP contribution in [-0.2, 0) is 6.42 Å². The molecule has 3 rings (SSSR count). The predicted octanol–water partition coefficient (Wildman–Crippen LogP) is 3.20. The van der Waals surface area contributed by atoms with Gasteiger partial charge >= 0.3 is 0 Å². The fourth-order valence-corrected chi connectivity index (χ4v) is 3.42. The van der Waals surface area contributed by atoms with E-state index in [-0.39, 0.29) is 35.6 Å². The SMILES string of the molecule is CCc1c(C(=O)N2CCC(N)C(C)(C)C2)cnn1-c1ccc(F)cc1.Cl. The average molecular weight is 381 g/mol. The van der Waals surface area contributed by atoms with Crippen LogP contribution < -0.4 is 5.73 Å². The number of carbonyl (C=O) groups is 1. The van der Waals surface area contributed by atoms with Crippen LogP contribution in [0.15, 0.2) is 30.5 Å². The summed E-state index contributed by atoms with van der Waals surface area (Å²) in [5.74, 6) is -0.303. The highest BCUT2D eigenvalue weighted by atomic mass is 35.5. The van der Waals surface area contributed by atoms with E-state index in [4.69, 9.17) is 5.73 Å². The van der Waals surface area contributed by atoms with Gasteiger partial charge in [-0.25, -0.2) is 9.07 Å². The fraction of sp³-hybridized carbons (Fsp3) is 0.474. The van der Waals surface area contributed by atoms with Gasteiger partial charge in [0.25, 0.3) is 5.91 Å². The topological polar surface area (TPSA) is 64.2 Å². The smallest absolute Gasteiger partial charge is 0.257 e. The third-order valence-electron chi connectivity index (χ3n) is 5.10. The van der Waals surface area contributed by atoms with Crippen molar-refractivity contribution in [3.05, 3.63) is 47.5 Å². The summed E-state index contributed by atoms with van der Waals surface area (Å²) in [6.07, 6.45) is 3.08. The van der Waals surface area contributed by atoms with Gasteiger partial charge in [-0.1, -0.05) is 20.8 Å². The number of halogens is 2. The Bertz CT molecular complexity index is 772. The third kappa shape index (κ3) is 3.76. The van der Waals surface area contributed by atoms with E-state index in [9.17, 15) is 9.18 Å². The van der Waals surface area contributed by atoms with Crippen LogP contribution in [0.3, 0.4) is 0 Å². The normalized spacial score (nSPS) is 19.1. The van der Waals surface area contributed by atoms with Crippen LogP contribution in [0.25, 0.3) is 5.69 Å². The highest BCUT2D eigenvalue weighted by Crippen LogP contribution is 2.29. The lowest BCUT2D eigenvalue weighted by Gasteiger charge is -2.42. The Labute approximate surface area is 159 Å². The summed E-state index contributed by atoms with van der Waals surface area (Å²) >= 11 is 0. The highest BCUT2D eigenvalue weighted by molar-refractivity contribution is 5.95. The molecule has 7 heteroatoms. The van der Waals surface area contributed by atoms with E-state index in [0.717, 1.165) is 17.8 Å². The molecule has 0 radical (unpaired) electrons. The van der Waals surface area contributed by atoms with E-state index >= 15 is 0 Å². The number of amides is 1. The molecule has 1 aliphatic rings. The number of benzene rings is 1. The van der Waals surface area contributed by atoms with Crippen molar-refractivity contribution in [2.45, 2.75) is 39.7 Å². The standard InChI is InChI=1S/C19H25FN4O.ClH/c1-4-16-15(11-22-24(16)14-7-5-13(20)6-8-14)18(25)23-10-9-17(21)19(2,3)12-23;/h5-8,11,17H,4,9-10,12,21H2,1-3H3;1H. The number of nitrogens with two attached hydrogens (primary N) is 1. The lowest BCUT2D eigenvalue weighted by Crippen LogP contribution is -2.54. The molecule has 0 saturated carbocycles. The van der Waals surface area contributed by atoms with Crippen LogP contribution in [0.5, 0.6) is 0 Å². The number of hydrogen-bond donors (Lipinski definition) is 1. The quantitative estimate of drug-likeness (QED) is 0.889. The monoisotopic (exact) mass is 380 g/mol. The largest absolute Gasteiger partial charge is 0.338 e. The molecule has 2 aromatic rings. The van der Waals surface area contributed by atoms with E-state index in [1.807, 2.05) is 11.8 Å². The molecule has 1 fully saturated rings. The van der Waals surface area contributed by atoms with Crippen molar-refractivity contribution >= 4 is 18.3 Å². The van der Waals surface area contributed by atoms with Gasteiger partial charge in [0.1, 0.15) is 5.82 Å². The molecule has 142 valence electrons. The van der Waals surface area contributed by atoms with Crippen molar-refractivity contribution in [2.75, 3.05) is 13.1 Å². The minimum Gasteiger partial charge on any atom is -0.338 e. The molecule has 26 heavy (non-hydrogen) atoms. The predicted molar refractivity (Wildman–Crippen MR) is 102 cm³/mol. The lowest BCUT2D eigenvalue weighted by molar-refractivity contribution is 0.0532. The summed E-state index contributed by atoms with van der Waals surface area (Å²) in [7, 11) is 0. The number of nitrogens with zero attached hydrogens (tertiary/aromatic N) is 3. The van der Waals surface area contributed by atoms with E-state index in [1.54, 1.807) is 23.0 Å². The number of likely N-dealkylation sites (tertiary alicyclic amines) is 1. The third-order valence-corrected chi connectivity index (χ3v) is 5.10. The van der Waals surface area contributed by atoms with Gasteiger partial charge in [-0.3, -0.25) is 4.79 Å². The van der Waals surface area contributed by atoms with Gasteiger partial charge < -0.3 is 10.6 Å². The van der Waals surface area contributed by atoms with Crippen LogP contribution in [-0.4, -0.2) is 39.7 Å². The van der Waals surface area contributed by atoms with E-state index in [1.165, 1.54) is 12.1 Å². The maximum absolute atomic E-state index is 13.2. The molecule has 1 unspecified atom stereocenters. The minimum absolute atomic E-state index is 0. The Balaban J connectivity index is 0.00000243. The van der Waals surface area contributed by atoms with Crippen molar-refractivity contribution in [1.82, 2.24) is 14.7 Å². The van der Waals surface area contributed by atoms with Gasteiger partial charge in [0.05, 0.1) is 23.1 Å². The lowest BCUT2D eigenvalue weighted by atomic mass is 9.79. The second kappa shape index (κ2) is 7.76. The molecule has 0 aliphatic carbocycles. The number of aromatic nitrogens is 2. The zero-order chi connectivity index (χ0) is 18.2. The Morgan fingerprint density at radius 2 is 2.00 bits per heavy atom. The molecule has 1 amide bonds. The fourth-order valence-electron chi connectivity index (χ4n) is 3.42. The Morgan fingerprint density at radius 1 is 1.35 bits per heavy atom. The zero-order valence-electron chi connectivity index (χ0n) is 15.4. The Kier molecular flexibility index (Phi) is 6.09. The first-order valence-electron chi connectivity index (χ1n) is 8.71. The molecule has 0 bridgehead atoms. The Hall–Kier alpha value is -1.92. The summed E-state index contributed by atoms with van der Waals surface area (Å²) < 4.78 is 14.9. The van der Waals surface area contributed by atoms with E-state index < -0.39 is 0 Å². The molecule has 0 spiro atoms. The highest BCUT2D eigenvalue weighted by Gasteiger charge is 2.36. The number of hydrogen-bond acceptors (Lipinski definition) is 3. The molecule has 1 aromatic heterocycles. The van der Waals surface area contributed by atoms with Gasteiger partial charge in [0.15, 0.2) is 0 Å². The van der Waals surface area contributed by atoms with Crippen LogP contribution >= 0.6 is 12.4 Å². The summed E-state index contributed by atoms with van der Waals surface area (Å²) in [5.41, 5.74) is 8.27. The van der Waals surface area contributed by atoms with Crippen molar-refractivity contribution < 1.29 is 9.18 Å². The van der Waals surface area contributed by atoms with Crippen LogP contribution in [0.4, 0.5) is 4.39 Å². The molecule has 1 aromatic carbocycles. The molecule has 1 saturated heterocycles. The summed E-state index contributed by atoms with van der Waals surface area (Å²) in [4.78, 5) is 14.9. The molecule has 2 heterocycles. The van der Waals surface area contributed by atoms with E-state index in [2.05, 4.69) is 18.9 Å². The summed E-state index contributed by atoms with van der Waals surface area (Å²) in [6.45, 7) is 7.48. The zero-order valence-corrected chi connectivity index (χ0v) is 16.2. The first kappa shape index (κ1) is 20.4. The first-order valence-corrected chi connectivity index (χ1v) is 8.71. The second-order valence-corrected chi connectivity index (χ2v) is 7.36. The van der Waals surface area contributed by atoms with Gasteiger partial charge in [-0.15, -0.1) is 12.4 Å². The minimum atomic E-state index is -0.294. The average Bonchev–Trinajstić information content (AvgIpc) is 3.01. The van der Waals surface area contributed by atoms with Crippen molar-refractivity contribution in [3.8, 4) is 5.69 Å². The first-order chi connectivity index (χ1) is 11.8. The van der Waals surface area contributed by atoms with Gasteiger partial charge in [0, 0.05) is 19.1 Å². The van der Waals surface area contributed by atoms with Gasteiger partial charge in [0.2, 0.25) is 0 Å². The number of rotatable bonds is 3. The molecule has 1 aliphatic heterocycles. The van der Waals surface area contributed by atoms with Crippen LogP contribution in [0, 0.1) is 11.2 Å². The van der Waals surface area contributed by atoms with Gasteiger partial charge in [-0.05, 0) is 42.5 Å². The summed E-state index contributed by atoms with van der Waals surface area (Å²) in [6, 6.07) is 6.22. The maximum Gasteiger partial charge on any atom is 0.257 e. The van der Waals surface area contributed by atoms with Crippen LogP contribution in [0.2, 0.25) is 0 Å². The number of carbonyl (C=O) groups excluding carboxylic acids is 1. The van der Waals surface area contributed by atoms with Crippen molar-refractivity contribution in [2.24, 2.45) is 11.1 Å². The molecular weight excluding hydrogens is 355 g/mol. The molecule has 5 nitrogen and oxygen atoms in total. The second-order valence-electron chi connectivity index (χ2n) is 7.36. The van der Waals surface area contributed by atoms with Gasteiger partial charge in [-0.2, -0.15) is 5.10 Å². The Morgan fingerprint density at radius 3 is 2.58 bits per heavy atom. The molecule has 2 N–H and O–H groups in total. The van der Waals surface area contributed by atoms with Crippen molar-refractivity contribution in [3.63, 3.8) is 0 Å². The van der Waals surface area contributed by atoms with Crippen molar-refractivity contribution in [1.29, 1.82) is 0 Å². The van der Waals surface area contributed by atoms with E-state index in [0.29, 0.717) is 25.1 Å². The maximum atomic E-state index is 13.2. The van der Waals surface area contributed by atoms with Crippen LogP contribution in [0.1, 0.15) is 43.2 Å².